The van der Waals surface area contributed by atoms with E-state index in [2.05, 4.69) is 27.7 Å². The van der Waals surface area contributed by atoms with Gasteiger partial charge in [0.15, 0.2) is 0 Å². The number of thiophene rings is 1. The molecule has 2 aliphatic rings. The molecule has 25 heavy (non-hydrogen) atoms. The van der Waals surface area contributed by atoms with Crippen LogP contribution >= 0.6 is 11.3 Å². The highest BCUT2D eigenvalue weighted by molar-refractivity contribution is 7.09. The number of amides is 2. The van der Waals surface area contributed by atoms with Gasteiger partial charge in [0.1, 0.15) is 0 Å². The molecule has 3 heterocycles. The standard InChI is InChI=1S/C19H29N3O2S/c1-2-18(23)22-10-7-16(13-22)19(24)20-12-15-5-8-21(9-6-15)14-17-4-3-11-25-17/h3-4,11,15-16H,2,5-10,12-14H2,1H3,(H,20,24). The lowest BCUT2D eigenvalue weighted by Gasteiger charge is -2.31. The number of piperidine rings is 1. The maximum absolute atomic E-state index is 12.4. The molecule has 0 aromatic carbocycles. The molecule has 0 aliphatic carbocycles. The van der Waals surface area contributed by atoms with E-state index in [0.717, 1.165) is 52.0 Å². The van der Waals surface area contributed by atoms with Crippen LogP contribution in [0, 0.1) is 11.8 Å². The van der Waals surface area contributed by atoms with E-state index in [-0.39, 0.29) is 17.7 Å². The van der Waals surface area contributed by atoms with Crippen molar-refractivity contribution >= 4 is 23.2 Å². The molecule has 1 aromatic heterocycles. The summed E-state index contributed by atoms with van der Waals surface area (Å²) in [5.74, 6) is 0.855. The number of likely N-dealkylation sites (tertiary alicyclic amines) is 2. The predicted octanol–water partition coefficient (Wildman–Crippen LogP) is 2.33. The van der Waals surface area contributed by atoms with Crippen LogP contribution in [0.4, 0.5) is 0 Å². The molecule has 1 N–H and O–H groups in total. The van der Waals surface area contributed by atoms with Gasteiger partial charge in [0.05, 0.1) is 5.92 Å². The molecular formula is C19H29N3O2S. The van der Waals surface area contributed by atoms with E-state index >= 15 is 0 Å². The number of carbonyl (C=O) groups is 2. The highest BCUT2D eigenvalue weighted by Gasteiger charge is 2.30. The first-order valence-electron chi connectivity index (χ1n) is 9.46. The summed E-state index contributed by atoms with van der Waals surface area (Å²) in [6.45, 7) is 7.26. The lowest BCUT2D eigenvalue weighted by atomic mass is 9.96. The fourth-order valence-corrected chi connectivity index (χ4v) is 4.53. The predicted molar refractivity (Wildman–Crippen MR) is 100 cm³/mol. The smallest absolute Gasteiger partial charge is 0.224 e. The highest BCUT2D eigenvalue weighted by atomic mass is 32.1. The molecule has 0 bridgehead atoms. The average molecular weight is 364 g/mol. The number of rotatable bonds is 6. The molecule has 0 saturated carbocycles. The Hall–Kier alpha value is -1.40. The molecule has 5 nitrogen and oxygen atoms in total. The van der Waals surface area contributed by atoms with Crippen molar-refractivity contribution < 1.29 is 9.59 Å². The van der Waals surface area contributed by atoms with Crippen molar-refractivity contribution in [3.8, 4) is 0 Å². The van der Waals surface area contributed by atoms with E-state index in [9.17, 15) is 9.59 Å². The monoisotopic (exact) mass is 363 g/mol. The van der Waals surface area contributed by atoms with Gasteiger partial charge in [-0.1, -0.05) is 13.0 Å². The van der Waals surface area contributed by atoms with Gasteiger partial charge < -0.3 is 10.2 Å². The number of nitrogens with one attached hydrogen (secondary N) is 1. The minimum Gasteiger partial charge on any atom is -0.356 e. The van der Waals surface area contributed by atoms with Crippen molar-refractivity contribution in [1.82, 2.24) is 15.1 Å². The fraction of sp³-hybridized carbons (Fsp3) is 0.684. The summed E-state index contributed by atoms with van der Waals surface area (Å²) >= 11 is 1.82. The van der Waals surface area contributed by atoms with E-state index in [1.54, 1.807) is 0 Å². The molecule has 1 unspecified atom stereocenters. The quantitative estimate of drug-likeness (QED) is 0.844. The number of nitrogens with zero attached hydrogens (tertiary/aromatic N) is 2. The Balaban J connectivity index is 1.34. The van der Waals surface area contributed by atoms with Crippen LogP contribution < -0.4 is 5.32 Å². The maximum atomic E-state index is 12.4. The van der Waals surface area contributed by atoms with Crippen molar-refractivity contribution in [2.45, 2.75) is 39.2 Å². The highest BCUT2D eigenvalue weighted by Crippen LogP contribution is 2.21. The molecule has 2 aliphatic heterocycles. The van der Waals surface area contributed by atoms with Crippen LogP contribution in [0.5, 0.6) is 0 Å². The van der Waals surface area contributed by atoms with Gasteiger partial charge in [-0.3, -0.25) is 14.5 Å². The lowest BCUT2D eigenvalue weighted by molar-refractivity contribution is -0.130. The van der Waals surface area contributed by atoms with Gasteiger partial charge in [-0.25, -0.2) is 0 Å². The first-order valence-corrected chi connectivity index (χ1v) is 10.3. The second-order valence-electron chi connectivity index (χ2n) is 7.22. The molecule has 1 aromatic rings. The third-order valence-corrected chi connectivity index (χ3v) is 6.31. The normalized spacial score (nSPS) is 22.3. The number of hydrogen-bond acceptors (Lipinski definition) is 4. The Bertz CT molecular complexity index is 567. The average Bonchev–Trinajstić information content (AvgIpc) is 3.32. The summed E-state index contributed by atoms with van der Waals surface area (Å²) in [7, 11) is 0. The molecule has 2 amide bonds. The second-order valence-corrected chi connectivity index (χ2v) is 8.26. The Kier molecular flexibility index (Phi) is 6.48. The zero-order valence-electron chi connectivity index (χ0n) is 15.1. The largest absolute Gasteiger partial charge is 0.356 e. The third kappa shape index (κ3) is 5.05. The van der Waals surface area contributed by atoms with Crippen molar-refractivity contribution in [2.24, 2.45) is 11.8 Å². The molecule has 138 valence electrons. The Morgan fingerprint density at radius 1 is 1.24 bits per heavy atom. The lowest BCUT2D eigenvalue weighted by Crippen LogP contribution is -2.40. The van der Waals surface area contributed by atoms with Crippen LogP contribution in [0.1, 0.15) is 37.5 Å². The van der Waals surface area contributed by atoms with Gasteiger partial charge in [-0.05, 0) is 49.7 Å². The third-order valence-electron chi connectivity index (χ3n) is 5.45. The second kappa shape index (κ2) is 8.81. The summed E-state index contributed by atoms with van der Waals surface area (Å²) in [5.41, 5.74) is 0. The Labute approximate surface area is 154 Å². The molecule has 0 radical (unpaired) electrons. The molecule has 2 fully saturated rings. The summed E-state index contributed by atoms with van der Waals surface area (Å²) in [5, 5.41) is 5.27. The van der Waals surface area contributed by atoms with E-state index in [4.69, 9.17) is 0 Å². The van der Waals surface area contributed by atoms with Crippen LogP contribution in [0.15, 0.2) is 17.5 Å². The first kappa shape index (κ1) is 18.4. The van der Waals surface area contributed by atoms with Crippen LogP contribution in [-0.4, -0.2) is 54.3 Å². The summed E-state index contributed by atoms with van der Waals surface area (Å²) in [6, 6.07) is 4.31. The van der Waals surface area contributed by atoms with Crippen molar-refractivity contribution in [3.05, 3.63) is 22.4 Å². The van der Waals surface area contributed by atoms with Gasteiger partial charge in [-0.2, -0.15) is 0 Å². The van der Waals surface area contributed by atoms with Crippen molar-refractivity contribution in [1.29, 1.82) is 0 Å². The van der Waals surface area contributed by atoms with Crippen LogP contribution in [0.3, 0.4) is 0 Å². The van der Waals surface area contributed by atoms with E-state index < -0.39 is 0 Å². The van der Waals surface area contributed by atoms with Crippen molar-refractivity contribution in [2.75, 3.05) is 32.7 Å². The van der Waals surface area contributed by atoms with E-state index in [1.807, 2.05) is 23.2 Å². The van der Waals surface area contributed by atoms with E-state index in [1.165, 1.54) is 4.88 Å². The summed E-state index contributed by atoms with van der Waals surface area (Å²) < 4.78 is 0. The minimum absolute atomic E-state index is 0.0191. The zero-order chi connectivity index (χ0) is 17.6. The first-order chi connectivity index (χ1) is 12.2. The topological polar surface area (TPSA) is 52.7 Å². The SMILES string of the molecule is CCC(=O)N1CCC(C(=O)NCC2CCN(Cc3cccs3)CC2)C1. The Morgan fingerprint density at radius 2 is 2.04 bits per heavy atom. The van der Waals surface area contributed by atoms with Gasteiger partial charge in [0, 0.05) is 37.5 Å². The molecule has 2 saturated heterocycles. The summed E-state index contributed by atoms with van der Waals surface area (Å²) in [4.78, 5) is 29.9. The minimum atomic E-state index is -0.0191. The number of carbonyl (C=O) groups excluding carboxylic acids is 2. The molecule has 6 heteroatoms. The maximum Gasteiger partial charge on any atom is 0.224 e. The van der Waals surface area contributed by atoms with Crippen LogP contribution in [0.25, 0.3) is 0 Å². The molecule has 3 rings (SSSR count). The van der Waals surface area contributed by atoms with Gasteiger partial charge in [0.2, 0.25) is 11.8 Å². The van der Waals surface area contributed by atoms with Crippen LogP contribution in [-0.2, 0) is 16.1 Å². The molecular weight excluding hydrogens is 334 g/mol. The van der Waals surface area contributed by atoms with E-state index in [0.29, 0.717) is 18.9 Å². The summed E-state index contributed by atoms with van der Waals surface area (Å²) in [6.07, 6.45) is 3.63. The van der Waals surface area contributed by atoms with Gasteiger partial charge in [-0.15, -0.1) is 11.3 Å². The Morgan fingerprint density at radius 3 is 2.72 bits per heavy atom. The zero-order valence-corrected chi connectivity index (χ0v) is 15.9. The molecule has 1 atom stereocenters. The fourth-order valence-electron chi connectivity index (χ4n) is 3.79. The van der Waals surface area contributed by atoms with Gasteiger partial charge >= 0.3 is 0 Å². The van der Waals surface area contributed by atoms with Crippen molar-refractivity contribution in [3.63, 3.8) is 0 Å². The number of hydrogen-bond donors (Lipinski definition) is 1. The molecule has 0 spiro atoms. The van der Waals surface area contributed by atoms with Crippen LogP contribution in [0.2, 0.25) is 0 Å². The van der Waals surface area contributed by atoms with Gasteiger partial charge in [0.25, 0.3) is 0 Å².